The van der Waals surface area contributed by atoms with Crippen molar-refractivity contribution in [3.8, 4) is 0 Å². The second kappa shape index (κ2) is 7.43. The fourth-order valence-corrected chi connectivity index (χ4v) is 3.78. The van der Waals surface area contributed by atoms with Crippen LogP contribution in [-0.4, -0.2) is 46.3 Å². The summed E-state index contributed by atoms with van der Waals surface area (Å²) in [4.78, 5) is 40.2. The number of halogens is 1. The molecule has 1 aliphatic carbocycles. The second-order valence-corrected chi connectivity index (χ2v) is 7.00. The molecular weight excluding hydrogens is 337 g/mol. The Balaban J connectivity index is 1.67. The molecule has 0 radical (unpaired) electrons. The van der Waals surface area contributed by atoms with Gasteiger partial charge in [0.2, 0.25) is 5.91 Å². The van der Waals surface area contributed by atoms with Gasteiger partial charge in [-0.05, 0) is 37.5 Å². The third-order valence-electron chi connectivity index (χ3n) is 5.24. The first kappa shape index (κ1) is 18.4. The van der Waals surface area contributed by atoms with Gasteiger partial charge in [0.05, 0.1) is 0 Å². The SMILES string of the molecule is CCN(Cc1cccc(F)c1)C(=O)CN1C(=O)NC2(CCCCC2)C1=O. The third-order valence-corrected chi connectivity index (χ3v) is 5.24. The number of hydrogen-bond acceptors (Lipinski definition) is 3. The van der Waals surface area contributed by atoms with Gasteiger partial charge in [-0.1, -0.05) is 31.4 Å². The van der Waals surface area contributed by atoms with Crippen LogP contribution in [0.15, 0.2) is 24.3 Å². The van der Waals surface area contributed by atoms with E-state index >= 15 is 0 Å². The number of urea groups is 1. The lowest BCUT2D eigenvalue weighted by atomic mass is 9.82. The molecule has 0 bridgehead atoms. The van der Waals surface area contributed by atoms with Gasteiger partial charge in [-0.15, -0.1) is 0 Å². The highest BCUT2D eigenvalue weighted by Crippen LogP contribution is 2.33. The Labute approximate surface area is 152 Å². The normalized spacial score (nSPS) is 18.9. The maximum Gasteiger partial charge on any atom is 0.325 e. The average Bonchev–Trinajstić information content (AvgIpc) is 2.84. The summed E-state index contributed by atoms with van der Waals surface area (Å²) in [6.07, 6.45) is 4.11. The number of imide groups is 1. The highest BCUT2D eigenvalue weighted by Gasteiger charge is 2.51. The van der Waals surface area contributed by atoms with Crippen molar-refractivity contribution in [2.24, 2.45) is 0 Å². The zero-order valence-corrected chi connectivity index (χ0v) is 15.0. The summed E-state index contributed by atoms with van der Waals surface area (Å²) < 4.78 is 13.3. The quantitative estimate of drug-likeness (QED) is 0.819. The minimum atomic E-state index is -0.824. The molecule has 7 heteroatoms. The highest BCUT2D eigenvalue weighted by molar-refractivity contribution is 6.09. The van der Waals surface area contributed by atoms with E-state index in [1.54, 1.807) is 12.1 Å². The third kappa shape index (κ3) is 3.57. The van der Waals surface area contributed by atoms with E-state index in [4.69, 9.17) is 0 Å². The summed E-state index contributed by atoms with van der Waals surface area (Å²) in [5.41, 5.74) is -0.156. The molecule has 1 heterocycles. The van der Waals surface area contributed by atoms with Crippen molar-refractivity contribution in [1.29, 1.82) is 0 Å². The van der Waals surface area contributed by atoms with Crippen molar-refractivity contribution < 1.29 is 18.8 Å². The van der Waals surface area contributed by atoms with Crippen LogP contribution in [0.4, 0.5) is 9.18 Å². The van der Waals surface area contributed by atoms with Gasteiger partial charge in [-0.3, -0.25) is 14.5 Å². The molecule has 4 amide bonds. The number of carbonyl (C=O) groups excluding carboxylic acids is 3. The summed E-state index contributed by atoms with van der Waals surface area (Å²) in [5, 5.41) is 2.81. The van der Waals surface area contributed by atoms with Crippen LogP contribution < -0.4 is 5.32 Å². The molecule has 0 aromatic heterocycles. The lowest BCUT2D eigenvalue weighted by molar-refractivity contribution is -0.139. The van der Waals surface area contributed by atoms with Gasteiger partial charge in [-0.25, -0.2) is 9.18 Å². The zero-order chi connectivity index (χ0) is 18.7. The minimum absolute atomic E-state index is 0.238. The van der Waals surface area contributed by atoms with Crippen LogP contribution in [0.5, 0.6) is 0 Å². The van der Waals surface area contributed by atoms with Gasteiger partial charge < -0.3 is 10.2 Å². The molecule has 3 rings (SSSR count). The van der Waals surface area contributed by atoms with E-state index in [0.717, 1.165) is 24.2 Å². The second-order valence-electron chi connectivity index (χ2n) is 7.00. The molecule has 0 atom stereocenters. The van der Waals surface area contributed by atoms with Gasteiger partial charge in [-0.2, -0.15) is 0 Å². The number of nitrogens with one attached hydrogen (secondary N) is 1. The zero-order valence-electron chi connectivity index (χ0n) is 15.0. The molecule has 1 spiro atoms. The molecule has 1 saturated carbocycles. The van der Waals surface area contributed by atoms with Crippen molar-refractivity contribution in [3.05, 3.63) is 35.6 Å². The van der Waals surface area contributed by atoms with E-state index in [-0.39, 0.29) is 30.7 Å². The predicted molar refractivity (Wildman–Crippen MR) is 93.6 cm³/mol. The topological polar surface area (TPSA) is 69.7 Å². The first-order chi connectivity index (χ1) is 12.4. The van der Waals surface area contributed by atoms with Gasteiger partial charge in [0.1, 0.15) is 17.9 Å². The number of likely N-dealkylation sites (N-methyl/N-ethyl adjacent to an activating group) is 1. The smallest absolute Gasteiger partial charge is 0.325 e. The maximum atomic E-state index is 13.3. The Morgan fingerprint density at radius 1 is 1.27 bits per heavy atom. The summed E-state index contributed by atoms with van der Waals surface area (Å²) in [7, 11) is 0. The summed E-state index contributed by atoms with van der Waals surface area (Å²) in [6, 6.07) is 5.56. The van der Waals surface area contributed by atoms with Crippen LogP contribution in [-0.2, 0) is 16.1 Å². The molecule has 2 aliphatic rings. The van der Waals surface area contributed by atoms with Crippen molar-refractivity contribution >= 4 is 17.8 Å². The fourth-order valence-electron chi connectivity index (χ4n) is 3.78. The standard InChI is InChI=1S/C19H24FN3O3/c1-2-22(12-14-7-6-8-15(20)11-14)16(24)13-23-17(25)19(21-18(23)26)9-4-3-5-10-19/h6-8,11H,2-5,9-10,12-13H2,1H3,(H,21,26). The molecule has 2 fully saturated rings. The first-order valence-electron chi connectivity index (χ1n) is 9.11. The van der Waals surface area contributed by atoms with Crippen molar-refractivity contribution in [2.45, 2.75) is 51.1 Å². The van der Waals surface area contributed by atoms with E-state index in [0.29, 0.717) is 24.9 Å². The first-order valence-corrected chi connectivity index (χ1v) is 9.11. The van der Waals surface area contributed by atoms with Crippen LogP contribution >= 0.6 is 0 Å². The number of benzene rings is 1. The Kier molecular flexibility index (Phi) is 5.25. The van der Waals surface area contributed by atoms with Crippen molar-refractivity contribution in [2.75, 3.05) is 13.1 Å². The number of nitrogens with zero attached hydrogens (tertiary/aromatic N) is 2. The van der Waals surface area contributed by atoms with E-state index in [2.05, 4.69) is 5.32 Å². The molecule has 1 aliphatic heterocycles. The number of rotatable bonds is 5. The van der Waals surface area contributed by atoms with Gasteiger partial charge in [0, 0.05) is 13.1 Å². The summed E-state index contributed by atoms with van der Waals surface area (Å²) in [6.45, 7) is 2.17. The van der Waals surface area contributed by atoms with Gasteiger partial charge in [0.15, 0.2) is 0 Å². The minimum Gasteiger partial charge on any atom is -0.337 e. The highest BCUT2D eigenvalue weighted by atomic mass is 19.1. The number of amides is 4. The molecule has 0 unspecified atom stereocenters. The number of hydrogen-bond donors (Lipinski definition) is 1. The predicted octanol–water partition coefficient (Wildman–Crippen LogP) is 2.43. The lowest BCUT2D eigenvalue weighted by Crippen LogP contribution is -2.49. The summed E-state index contributed by atoms with van der Waals surface area (Å²) in [5.74, 6) is -0.982. The molecule has 1 aromatic carbocycles. The number of carbonyl (C=O) groups is 3. The van der Waals surface area contributed by atoms with E-state index in [1.165, 1.54) is 17.0 Å². The fraction of sp³-hybridized carbons (Fsp3) is 0.526. The van der Waals surface area contributed by atoms with Crippen LogP contribution in [0.3, 0.4) is 0 Å². The van der Waals surface area contributed by atoms with Crippen LogP contribution in [0.2, 0.25) is 0 Å². The van der Waals surface area contributed by atoms with Crippen LogP contribution in [0.1, 0.15) is 44.6 Å². The van der Waals surface area contributed by atoms with Crippen LogP contribution in [0, 0.1) is 5.82 Å². The largest absolute Gasteiger partial charge is 0.337 e. The van der Waals surface area contributed by atoms with Crippen LogP contribution in [0.25, 0.3) is 0 Å². The van der Waals surface area contributed by atoms with E-state index < -0.39 is 11.6 Å². The Hall–Kier alpha value is -2.44. The molecule has 1 aromatic rings. The molecule has 1 N–H and O–H groups in total. The average molecular weight is 361 g/mol. The molecular formula is C19H24FN3O3. The van der Waals surface area contributed by atoms with E-state index in [1.807, 2.05) is 6.92 Å². The summed E-state index contributed by atoms with van der Waals surface area (Å²) >= 11 is 0. The monoisotopic (exact) mass is 361 g/mol. The van der Waals surface area contributed by atoms with Crippen molar-refractivity contribution in [3.63, 3.8) is 0 Å². The van der Waals surface area contributed by atoms with Gasteiger partial charge in [0.25, 0.3) is 5.91 Å². The van der Waals surface area contributed by atoms with E-state index in [9.17, 15) is 18.8 Å². The lowest BCUT2D eigenvalue weighted by Gasteiger charge is -2.30. The molecule has 6 nitrogen and oxygen atoms in total. The van der Waals surface area contributed by atoms with Crippen molar-refractivity contribution in [1.82, 2.24) is 15.1 Å². The molecule has 140 valence electrons. The molecule has 1 saturated heterocycles. The Bertz CT molecular complexity index is 716. The molecule has 26 heavy (non-hydrogen) atoms. The Morgan fingerprint density at radius 2 is 2.00 bits per heavy atom. The maximum absolute atomic E-state index is 13.3. The van der Waals surface area contributed by atoms with Gasteiger partial charge >= 0.3 is 6.03 Å². The Morgan fingerprint density at radius 3 is 2.65 bits per heavy atom.